The number of fused-ring (bicyclic) bond motifs is 4. The Bertz CT molecular complexity index is 5470. The number of allylic oxidation sites excluding steroid dienone is 3. The number of rotatable bonds is 27. The molecule has 7 atom stereocenters. The lowest BCUT2D eigenvalue weighted by molar-refractivity contribution is -0.122. The first-order valence-corrected chi connectivity index (χ1v) is 44.8. The molecule has 4 aromatic carbocycles. The number of ether oxygens (including phenoxy) is 1. The molecule has 0 spiro atoms. The number of amides is 1. The van der Waals surface area contributed by atoms with Gasteiger partial charge in [-0.15, -0.1) is 25.7 Å². The van der Waals surface area contributed by atoms with Crippen molar-refractivity contribution < 1.29 is 38.4 Å². The number of benzene rings is 4. The Kier molecular flexibility index (Phi) is 30.5. The van der Waals surface area contributed by atoms with E-state index < -0.39 is 0 Å². The van der Waals surface area contributed by atoms with Gasteiger partial charge in [0.15, 0.2) is 0 Å². The Morgan fingerprint density at radius 2 is 0.937 bits per heavy atom. The van der Waals surface area contributed by atoms with Gasteiger partial charge >= 0.3 is 0 Å². The third-order valence-corrected chi connectivity index (χ3v) is 26.4. The average Bonchev–Trinajstić information content (AvgIpc) is 0.882. The number of anilines is 8. The molecule has 1 amide bonds. The molecule has 1 unspecified atom stereocenters. The third kappa shape index (κ3) is 23.5. The normalized spacial score (nSPS) is 21.6. The third-order valence-electron chi connectivity index (χ3n) is 26.4. The van der Waals surface area contributed by atoms with E-state index >= 15 is 0 Å². The number of aliphatic hydroxyl groups is 3. The van der Waals surface area contributed by atoms with Gasteiger partial charge in [-0.05, 0) is 248 Å². The molecule has 8 aliphatic rings. The zero-order valence-corrected chi connectivity index (χ0v) is 74.3. The van der Waals surface area contributed by atoms with E-state index in [-0.39, 0.29) is 93.9 Å². The number of terminal acetylenes is 4. The fourth-order valence-electron chi connectivity index (χ4n) is 18.7. The SMILES string of the molecule is C#Cc1cnc(NCCC2=CCc3c(F)cccc32)nc1N[C@@H]1CC[C@H](O)C(C)(C)C1.C#Cc1cnc(NCCC2=CCc3cc(OC)ccc32)nc1N[C@@H]1CC[C@H](O)C(C)(C)C1.C#Cc1cnc(NCCC2=CCc3ccc(F)cc32)nc1N[C@@H]1CC[C@H](O)C(C)(C)C1.C#Cc1cnc(NCCC2C(=O)Cc3ccc(CC)cc32)nc1NC1CCC(C(N)=O)CC1. The van der Waals surface area contributed by atoms with Crippen LogP contribution in [0, 0.1) is 83.2 Å². The number of aryl methyl sites for hydroxylation is 1. The first kappa shape index (κ1) is 92.4. The van der Waals surface area contributed by atoms with Crippen LogP contribution < -0.4 is 53.0 Å². The number of carbonyl (C=O) groups excluding carboxylic acids is 2. The minimum absolute atomic E-state index is 0.0467. The summed E-state index contributed by atoms with van der Waals surface area (Å²) in [5, 5.41) is 57.6. The molecule has 23 nitrogen and oxygen atoms in total. The summed E-state index contributed by atoms with van der Waals surface area (Å²) in [6.07, 6.45) is 52.6. The van der Waals surface area contributed by atoms with Gasteiger partial charge in [-0.1, -0.05) is 133 Å². The van der Waals surface area contributed by atoms with Crippen LogP contribution in [0.3, 0.4) is 0 Å². The van der Waals surface area contributed by atoms with Gasteiger partial charge in [0.05, 0.1) is 72.5 Å². The number of hydrogen-bond donors (Lipinski definition) is 12. The second kappa shape index (κ2) is 41.9. The van der Waals surface area contributed by atoms with Crippen LogP contribution in [0.2, 0.25) is 0 Å². The van der Waals surface area contributed by atoms with Crippen LogP contribution in [-0.2, 0) is 41.7 Å². The standard InChI is InChI=1S/C26H31N5O2.C26H32N4O2.2C25H29FN4O/c1-3-16-5-6-19-14-23(32)21(22(19)13-16)11-12-28-26-29-15-17(4-2)25(31-26)30-20-9-7-18(8-10-20)24(27)33;1-5-17-16-28-25(30-24(17)29-20-8-11-23(31)26(2,3)15-20)27-13-12-18-6-7-19-14-21(32-4)9-10-22(18)19;1-4-16-15-28-24(30-23(16)29-20-9-10-22(31)25(2,3)14-20)27-12-11-18-6-5-17-7-8-19(26)13-21(17)18;1-4-16-15-28-24(30-23(16)29-18-9-11-22(31)25(2,3)14-18)27-13-12-17-8-10-20-19(17)6-5-7-21(20)26/h2,5-6,13,15,18,20-21H,3,7-12,14H2,1H3,(H2,27,33)(H2,28,29,30,31);1,6,9-10,14,16,20,23,31H,7-8,11-13,15H2,2-4H3,(H2,27,28,29,30);1,6-8,13,15,20,22,31H,5,9-12,14H2,2-3H3,(H2,27,28,29,30);1,5-8,15,18,22,31H,9-14H2,2-3H3,(H2,27,28,29,30)/t;20-,23+;20-,22+;18-,22+/m.111/s1. The molecular weight excluding hydrogens is 1600 g/mol. The fourth-order valence-corrected chi connectivity index (χ4v) is 18.7. The predicted octanol–water partition coefficient (Wildman–Crippen LogP) is 16.2. The molecule has 0 saturated heterocycles. The van der Waals surface area contributed by atoms with E-state index in [0.717, 1.165) is 173 Å². The number of ketones is 1. The number of Topliss-reactive ketones (excluding diaryl/α,β-unsaturated/α-hetero) is 1. The monoisotopic (exact) mass is 1720 g/mol. The van der Waals surface area contributed by atoms with Crippen molar-refractivity contribution in [1.82, 2.24) is 39.9 Å². The number of nitrogens with zero attached hydrogens (tertiary/aromatic N) is 8. The van der Waals surface area contributed by atoms with Gasteiger partial charge in [-0.25, -0.2) is 28.7 Å². The molecule has 13 N–H and O–H groups in total. The van der Waals surface area contributed by atoms with Gasteiger partial charge in [0.25, 0.3) is 0 Å². The highest BCUT2D eigenvalue weighted by molar-refractivity contribution is 5.92. The van der Waals surface area contributed by atoms with Crippen LogP contribution in [0.15, 0.2) is 116 Å². The molecule has 25 heteroatoms. The highest BCUT2D eigenvalue weighted by Gasteiger charge is 2.40. The smallest absolute Gasteiger partial charge is 0.224 e. The Morgan fingerprint density at radius 3 is 1.39 bits per heavy atom. The molecular formula is C102H121F2N17O6. The van der Waals surface area contributed by atoms with Crippen LogP contribution >= 0.6 is 0 Å². The maximum Gasteiger partial charge on any atom is 0.224 e. The lowest BCUT2D eigenvalue weighted by Crippen LogP contribution is -2.41. The Morgan fingerprint density at radius 1 is 0.504 bits per heavy atom. The van der Waals surface area contributed by atoms with E-state index in [1.807, 2.05) is 18.2 Å². The summed E-state index contributed by atoms with van der Waals surface area (Å²) in [5.74, 6) is 15.7. The zero-order chi connectivity index (χ0) is 90.1. The van der Waals surface area contributed by atoms with Crippen molar-refractivity contribution in [3.8, 4) is 55.1 Å². The summed E-state index contributed by atoms with van der Waals surface area (Å²) in [6.45, 7) is 17.3. The molecule has 4 aromatic heterocycles. The molecule has 0 radical (unpaired) electrons. The molecule has 8 aliphatic carbocycles. The van der Waals surface area contributed by atoms with Crippen molar-refractivity contribution >= 4 is 75.5 Å². The number of carbonyl (C=O) groups is 2. The van der Waals surface area contributed by atoms with Crippen LogP contribution in [0.5, 0.6) is 5.75 Å². The number of nitrogens with two attached hydrogens (primary N) is 1. The fraction of sp³-hybridized carbons (Fsp3) is 0.451. The highest BCUT2D eigenvalue weighted by Crippen LogP contribution is 2.43. The summed E-state index contributed by atoms with van der Waals surface area (Å²) >= 11 is 0. The molecule has 0 aliphatic heterocycles. The van der Waals surface area contributed by atoms with Gasteiger partial charge in [-0.2, -0.15) is 19.9 Å². The van der Waals surface area contributed by atoms with Gasteiger partial charge in [0, 0.05) is 68.6 Å². The van der Waals surface area contributed by atoms with Crippen LogP contribution in [0.1, 0.15) is 236 Å². The van der Waals surface area contributed by atoms with Gasteiger partial charge < -0.3 is 68.3 Å². The van der Waals surface area contributed by atoms with E-state index in [0.29, 0.717) is 108 Å². The van der Waals surface area contributed by atoms with Gasteiger partial charge in [0.1, 0.15) is 46.4 Å². The number of hydrogen-bond acceptors (Lipinski definition) is 22. The average molecular weight is 1720 g/mol. The first-order chi connectivity index (χ1) is 61.1. The number of aliphatic hydroxyl groups excluding tert-OH is 3. The maximum atomic E-state index is 13.9. The summed E-state index contributed by atoms with van der Waals surface area (Å²) in [5.41, 5.74) is 21.2. The van der Waals surface area contributed by atoms with E-state index in [4.69, 9.17) is 36.2 Å². The van der Waals surface area contributed by atoms with Crippen LogP contribution in [-0.4, -0.2) is 143 Å². The minimum Gasteiger partial charge on any atom is -0.497 e. The number of halogens is 2. The van der Waals surface area contributed by atoms with E-state index in [9.17, 15) is 33.7 Å². The molecule has 4 heterocycles. The Hall–Kier alpha value is -12.3. The van der Waals surface area contributed by atoms with E-state index in [1.165, 1.54) is 40.0 Å². The lowest BCUT2D eigenvalue weighted by atomic mass is 9.73. The lowest BCUT2D eigenvalue weighted by Gasteiger charge is -2.40. The topological polar surface area (TPSA) is 329 Å². The van der Waals surface area contributed by atoms with Crippen LogP contribution in [0.25, 0.3) is 16.7 Å². The summed E-state index contributed by atoms with van der Waals surface area (Å²) in [6, 6.07) is 23.7. The molecule has 16 rings (SSSR count). The summed E-state index contributed by atoms with van der Waals surface area (Å²) < 4.78 is 32.9. The van der Waals surface area contributed by atoms with Gasteiger partial charge in [-0.3, -0.25) is 9.59 Å². The van der Waals surface area contributed by atoms with Crippen molar-refractivity contribution in [2.75, 3.05) is 75.8 Å². The zero-order valence-electron chi connectivity index (χ0n) is 74.3. The highest BCUT2D eigenvalue weighted by atomic mass is 19.1. The van der Waals surface area contributed by atoms with Crippen molar-refractivity contribution in [1.29, 1.82) is 0 Å². The largest absolute Gasteiger partial charge is 0.497 e. The molecule has 4 saturated carbocycles. The van der Waals surface area contributed by atoms with Crippen LogP contribution in [0.4, 0.5) is 55.8 Å². The number of primary amides is 1. The summed E-state index contributed by atoms with van der Waals surface area (Å²) in [4.78, 5) is 59.9. The second-order valence-electron chi connectivity index (χ2n) is 36.6. The molecule has 8 aromatic rings. The van der Waals surface area contributed by atoms with E-state index in [2.05, 4.69) is 203 Å². The maximum absolute atomic E-state index is 13.9. The minimum atomic E-state index is -0.288. The molecule has 0 bridgehead atoms. The molecule has 4 fully saturated rings. The Balaban J connectivity index is 0.000000145. The first-order valence-electron chi connectivity index (χ1n) is 44.8. The van der Waals surface area contributed by atoms with Gasteiger partial charge in [0.2, 0.25) is 29.7 Å². The quantitative estimate of drug-likeness (QED) is 0.0213. The van der Waals surface area contributed by atoms with Crippen molar-refractivity contribution in [2.24, 2.45) is 27.9 Å². The summed E-state index contributed by atoms with van der Waals surface area (Å²) in [7, 11) is 1.70. The predicted molar refractivity (Wildman–Crippen MR) is 502 cm³/mol. The van der Waals surface area contributed by atoms with Crippen molar-refractivity contribution in [3.05, 3.63) is 200 Å². The second-order valence-corrected chi connectivity index (χ2v) is 36.6. The molecule has 127 heavy (non-hydrogen) atoms. The Labute approximate surface area is 746 Å². The number of aromatic nitrogens is 8. The number of nitrogens with one attached hydrogen (secondary N) is 8. The van der Waals surface area contributed by atoms with E-state index in [1.54, 1.807) is 44.0 Å². The molecule has 664 valence electrons. The number of methoxy groups -OCH3 is 1. The van der Waals surface area contributed by atoms with Crippen molar-refractivity contribution in [3.63, 3.8) is 0 Å². The van der Waals surface area contributed by atoms with Crippen molar-refractivity contribution in [2.45, 2.75) is 238 Å².